The first kappa shape index (κ1) is 15.0. The summed E-state index contributed by atoms with van der Waals surface area (Å²) in [4.78, 5) is 26.4. The molecule has 1 aromatic heterocycles. The smallest absolute Gasteiger partial charge is 0.367 e. The van der Waals surface area contributed by atoms with E-state index in [-0.39, 0.29) is 0 Å². The Labute approximate surface area is 114 Å². The average molecular weight is 289 g/mol. The third-order valence-corrected chi connectivity index (χ3v) is 4.31. The third kappa shape index (κ3) is 3.99. The molecule has 0 aliphatic carbocycles. The first-order valence-corrected chi connectivity index (χ1v) is 7.22. The van der Waals surface area contributed by atoms with Crippen molar-refractivity contribution in [1.29, 1.82) is 0 Å². The van der Waals surface area contributed by atoms with Crippen LogP contribution in [0.4, 0.5) is 0 Å². The largest absolute Gasteiger partial charge is 0.480 e. The van der Waals surface area contributed by atoms with Crippen LogP contribution < -0.4 is 0 Å². The van der Waals surface area contributed by atoms with Gasteiger partial charge >= 0.3 is 11.9 Å². The third-order valence-electron chi connectivity index (χ3n) is 2.10. The predicted octanol–water partition coefficient (Wildman–Crippen LogP) is 2.42. The fraction of sp³-hybridized carbons (Fsp3) is 0.545. The van der Waals surface area contributed by atoms with Crippen LogP contribution in [0.3, 0.4) is 0 Å². The van der Waals surface area contributed by atoms with Crippen LogP contribution in [0.1, 0.15) is 36.3 Å². The summed E-state index contributed by atoms with van der Waals surface area (Å²) in [5.74, 6) is -0.848. The molecule has 100 valence electrons. The molecule has 1 aromatic rings. The fourth-order valence-corrected chi connectivity index (χ4v) is 2.57. The summed E-state index contributed by atoms with van der Waals surface area (Å²) in [5, 5.41) is 11.0. The molecule has 0 radical (unpaired) electrons. The maximum absolute atomic E-state index is 11.4. The van der Waals surface area contributed by atoms with Crippen LogP contribution in [0.25, 0.3) is 0 Å². The van der Waals surface area contributed by atoms with Crippen molar-refractivity contribution < 1.29 is 19.4 Å². The van der Waals surface area contributed by atoms with Gasteiger partial charge < -0.3 is 9.84 Å². The van der Waals surface area contributed by atoms with Crippen LogP contribution in [0.5, 0.6) is 0 Å². The van der Waals surface area contributed by atoms with E-state index < -0.39 is 16.7 Å². The molecule has 1 N–H and O–H groups in total. The molecule has 0 aromatic carbocycles. The van der Waals surface area contributed by atoms with Gasteiger partial charge in [-0.3, -0.25) is 4.79 Å². The lowest BCUT2D eigenvalue weighted by atomic mass is 10.2. The lowest BCUT2D eigenvalue weighted by Crippen LogP contribution is -2.27. The van der Waals surface area contributed by atoms with Gasteiger partial charge in [0.05, 0.1) is 12.3 Å². The van der Waals surface area contributed by atoms with Crippen molar-refractivity contribution in [1.82, 2.24) is 4.98 Å². The Kier molecular flexibility index (Phi) is 5.15. The summed E-state index contributed by atoms with van der Waals surface area (Å²) in [6, 6.07) is 0. The van der Waals surface area contributed by atoms with Crippen molar-refractivity contribution in [3.05, 3.63) is 16.1 Å². The number of esters is 1. The van der Waals surface area contributed by atoms with Gasteiger partial charge in [-0.2, -0.15) is 0 Å². The van der Waals surface area contributed by atoms with Gasteiger partial charge in [0.2, 0.25) is 5.01 Å². The number of thiazole rings is 1. The van der Waals surface area contributed by atoms with Crippen LogP contribution in [0.15, 0.2) is 5.38 Å². The summed E-state index contributed by atoms with van der Waals surface area (Å²) >= 11 is 2.48. The van der Waals surface area contributed by atoms with Crippen molar-refractivity contribution in [3.8, 4) is 0 Å². The average Bonchev–Trinajstić information content (AvgIpc) is 2.75. The zero-order valence-electron chi connectivity index (χ0n) is 10.4. The highest BCUT2D eigenvalue weighted by Crippen LogP contribution is 2.28. The van der Waals surface area contributed by atoms with Crippen LogP contribution in [0.2, 0.25) is 0 Å². The Morgan fingerprint density at radius 3 is 2.78 bits per heavy atom. The van der Waals surface area contributed by atoms with E-state index in [1.165, 1.54) is 23.1 Å². The molecule has 18 heavy (non-hydrogen) atoms. The molecule has 0 aliphatic heterocycles. The molecule has 0 unspecified atom stereocenters. The lowest BCUT2D eigenvalue weighted by molar-refractivity contribution is -0.138. The number of nitrogens with zero attached hydrogens (tertiary/aromatic N) is 1. The van der Waals surface area contributed by atoms with E-state index in [0.29, 0.717) is 23.1 Å². The zero-order chi connectivity index (χ0) is 13.8. The number of hydrogen-bond acceptors (Lipinski definition) is 6. The molecule has 0 bridgehead atoms. The van der Waals surface area contributed by atoms with Crippen molar-refractivity contribution in [2.24, 2.45) is 0 Å². The lowest BCUT2D eigenvalue weighted by Gasteiger charge is -2.17. The highest BCUT2D eigenvalue weighted by molar-refractivity contribution is 8.00. The molecule has 5 nitrogen and oxygen atoms in total. The molecule has 0 amide bonds. The monoisotopic (exact) mass is 289 g/mol. The predicted molar refractivity (Wildman–Crippen MR) is 71.1 cm³/mol. The Morgan fingerprint density at radius 2 is 2.22 bits per heavy atom. The highest BCUT2D eigenvalue weighted by atomic mass is 32.2. The van der Waals surface area contributed by atoms with Crippen LogP contribution in [0, 0.1) is 0 Å². The summed E-state index contributed by atoms with van der Waals surface area (Å²) in [7, 11) is 0. The van der Waals surface area contributed by atoms with Crippen molar-refractivity contribution >= 4 is 35.0 Å². The van der Waals surface area contributed by atoms with Crippen molar-refractivity contribution in [2.45, 2.75) is 31.3 Å². The molecule has 1 heterocycles. The van der Waals surface area contributed by atoms with E-state index in [1.807, 2.05) is 0 Å². The molecule has 0 atom stereocenters. The number of carboxylic acid groups (broad SMARTS) is 1. The minimum Gasteiger partial charge on any atom is -0.480 e. The number of carbonyl (C=O) groups excluding carboxylic acids is 1. The van der Waals surface area contributed by atoms with Gasteiger partial charge in [0.25, 0.3) is 0 Å². The minimum atomic E-state index is -0.867. The standard InChI is InChI=1S/C11H15NO4S2/c1-4-16-9(13)8-12-7(5-17-8)6-18-11(2,3)10(14)15/h5H,4,6H2,1-3H3,(H,14,15). The van der Waals surface area contributed by atoms with Crippen LogP contribution in [-0.2, 0) is 15.3 Å². The molecular formula is C11H15NO4S2. The Balaban J connectivity index is 2.60. The van der Waals surface area contributed by atoms with Gasteiger partial charge in [0.15, 0.2) is 0 Å². The van der Waals surface area contributed by atoms with Crippen LogP contribution >= 0.6 is 23.1 Å². The van der Waals surface area contributed by atoms with Gasteiger partial charge in [-0.15, -0.1) is 23.1 Å². The molecule has 0 spiro atoms. The molecule has 0 saturated carbocycles. The molecule has 7 heteroatoms. The molecule has 0 fully saturated rings. The topological polar surface area (TPSA) is 76.5 Å². The highest BCUT2D eigenvalue weighted by Gasteiger charge is 2.28. The number of rotatable bonds is 6. The number of thioether (sulfide) groups is 1. The van der Waals surface area contributed by atoms with E-state index in [9.17, 15) is 9.59 Å². The molecular weight excluding hydrogens is 274 g/mol. The number of aliphatic carboxylic acids is 1. The van der Waals surface area contributed by atoms with E-state index in [2.05, 4.69) is 4.98 Å². The SMILES string of the molecule is CCOC(=O)c1nc(CSC(C)(C)C(=O)O)cs1. The van der Waals surface area contributed by atoms with Crippen LogP contribution in [-0.4, -0.2) is 33.4 Å². The zero-order valence-corrected chi connectivity index (χ0v) is 12.1. The number of carbonyl (C=O) groups is 2. The number of aromatic nitrogens is 1. The van der Waals surface area contributed by atoms with Gasteiger partial charge in [-0.1, -0.05) is 0 Å². The fourth-order valence-electron chi connectivity index (χ4n) is 0.976. The second kappa shape index (κ2) is 6.19. The normalized spacial score (nSPS) is 11.3. The van der Waals surface area contributed by atoms with E-state index in [4.69, 9.17) is 9.84 Å². The number of ether oxygens (including phenoxy) is 1. The summed E-state index contributed by atoms with van der Waals surface area (Å²) < 4.78 is 3.97. The summed E-state index contributed by atoms with van der Waals surface area (Å²) in [6.45, 7) is 5.32. The summed E-state index contributed by atoms with van der Waals surface area (Å²) in [6.07, 6.45) is 0. The quantitative estimate of drug-likeness (QED) is 0.810. The van der Waals surface area contributed by atoms with Crippen molar-refractivity contribution in [2.75, 3.05) is 6.61 Å². The Hall–Kier alpha value is -1.08. The molecule has 0 saturated heterocycles. The maximum atomic E-state index is 11.4. The second-order valence-corrected chi connectivity index (χ2v) is 6.42. The minimum absolute atomic E-state index is 0.306. The first-order chi connectivity index (χ1) is 8.36. The van der Waals surface area contributed by atoms with Gasteiger partial charge in [0, 0.05) is 11.1 Å². The van der Waals surface area contributed by atoms with Gasteiger partial charge in [0.1, 0.15) is 4.75 Å². The van der Waals surface area contributed by atoms with E-state index >= 15 is 0 Å². The number of carboxylic acids is 1. The molecule has 0 aliphatic rings. The van der Waals surface area contributed by atoms with Gasteiger partial charge in [-0.25, -0.2) is 9.78 Å². The van der Waals surface area contributed by atoms with E-state index in [0.717, 1.165) is 0 Å². The Bertz CT molecular complexity index is 442. The van der Waals surface area contributed by atoms with Gasteiger partial charge in [-0.05, 0) is 20.8 Å². The first-order valence-electron chi connectivity index (χ1n) is 5.35. The van der Waals surface area contributed by atoms with E-state index in [1.54, 1.807) is 26.2 Å². The summed E-state index contributed by atoms with van der Waals surface area (Å²) in [5.41, 5.74) is 0.697. The maximum Gasteiger partial charge on any atom is 0.367 e. The Morgan fingerprint density at radius 1 is 1.56 bits per heavy atom. The molecule has 1 rings (SSSR count). The van der Waals surface area contributed by atoms with Crippen molar-refractivity contribution in [3.63, 3.8) is 0 Å². The number of hydrogen-bond donors (Lipinski definition) is 1. The second-order valence-electron chi connectivity index (χ2n) is 3.97.